The molecule has 0 aliphatic heterocycles. The second-order valence-corrected chi connectivity index (χ2v) is 4.49. The van der Waals surface area contributed by atoms with Gasteiger partial charge in [-0.2, -0.15) is 0 Å². The maximum absolute atomic E-state index is 5.76. The first-order valence-corrected chi connectivity index (χ1v) is 6.06. The Morgan fingerprint density at radius 3 is 2.38 bits per heavy atom. The molecule has 0 aliphatic rings. The molecule has 0 aliphatic carbocycles. The van der Waals surface area contributed by atoms with Crippen LogP contribution in [-0.2, 0) is 0 Å². The van der Waals surface area contributed by atoms with Gasteiger partial charge in [0.25, 0.3) is 0 Å². The molecule has 1 atom stereocenters. The van der Waals surface area contributed by atoms with Crippen molar-refractivity contribution < 1.29 is 4.74 Å². The van der Waals surface area contributed by atoms with Crippen LogP contribution < -0.4 is 10.1 Å². The van der Waals surface area contributed by atoms with Crippen LogP contribution in [0.5, 0.6) is 5.75 Å². The van der Waals surface area contributed by atoms with E-state index in [4.69, 9.17) is 4.74 Å². The SMILES string of the molecule is CCCNC(C)COc1cc(C)cc(C)c1. The predicted octanol–water partition coefficient (Wildman–Crippen LogP) is 3.07. The van der Waals surface area contributed by atoms with Crippen molar-refractivity contribution in [2.45, 2.75) is 40.2 Å². The third kappa shape index (κ3) is 4.67. The summed E-state index contributed by atoms with van der Waals surface area (Å²) in [5.74, 6) is 0.975. The van der Waals surface area contributed by atoms with Crippen molar-refractivity contribution in [3.05, 3.63) is 29.3 Å². The van der Waals surface area contributed by atoms with Crippen LogP contribution in [-0.4, -0.2) is 19.2 Å². The molecule has 0 fully saturated rings. The van der Waals surface area contributed by atoms with Gasteiger partial charge in [-0.3, -0.25) is 0 Å². The van der Waals surface area contributed by atoms with Crippen LogP contribution in [0.25, 0.3) is 0 Å². The Morgan fingerprint density at radius 2 is 1.81 bits per heavy atom. The Hall–Kier alpha value is -1.02. The van der Waals surface area contributed by atoms with Crippen molar-refractivity contribution in [2.75, 3.05) is 13.2 Å². The second-order valence-electron chi connectivity index (χ2n) is 4.49. The maximum Gasteiger partial charge on any atom is 0.119 e. The molecule has 1 rings (SSSR count). The zero-order valence-corrected chi connectivity index (χ0v) is 10.8. The van der Waals surface area contributed by atoms with Crippen LogP contribution in [0.2, 0.25) is 0 Å². The van der Waals surface area contributed by atoms with E-state index < -0.39 is 0 Å². The zero-order chi connectivity index (χ0) is 12.0. The van der Waals surface area contributed by atoms with E-state index in [1.54, 1.807) is 0 Å². The molecule has 1 aromatic rings. The van der Waals surface area contributed by atoms with Gasteiger partial charge in [0.05, 0.1) is 0 Å². The first kappa shape index (κ1) is 13.0. The molecule has 1 aromatic carbocycles. The quantitative estimate of drug-likeness (QED) is 0.797. The summed E-state index contributed by atoms with van der Waals surface area (Å²) in [6, 6.07) is 6.73. The van der Waals surface area contributed by atoms with Gasteiger partial charge in [-0.25, -0.2) is 0 Å². The van der Waals surface area contributed by atoms with Crippen LogP contribution in [0.1, 0.15) is 31.4 Å². The average molecular weight is 221 g/mol. The first-order valence-electron chi connectivity index (χ1n) is 6.06. The summed E-state index contributed by atoms with van der Waals surface area (Å²) < 4.78 is 5.76. The molecule has 2 heteroatoms. The molecule has 0 spiro atoms. The van der Waals surface area contributed by atoms with E-state index in [9.17, 15) is 0 Å². The fourth-order valence-electron chi connectivity index (χ4n) is 1.69. The summed E-state index contributed by atoms with van der Waals surface area (Å²) in [4.78, 5) is 0. The lowest BCUT2D eigenvalue weighted by Gasteiger charge is -2.15. The number of ether oxygens (including phenoxy) is 1. The van der Waals surface area contributed by atoms with Gasteiger partial charge in [0.2, 0.25) is 0 Å². The molecule has 0 saturated heterocycles. The molecule has 0 saturated carbocycles. The van der Waals surface area contributed by atoms with Crippen LogP contribution in [0.4, 0.5) is 0 Å². The minimum Gasteiger partial charge on any atom is -0.492 e. The molecule has 0 radical (unpaired) electrons. The maximum atomic E-state index is 5.76. The summed E-state index contributed by atoms with van der Waals surface area (Å²) in [5.41, 5.74) is 2.51. The highest BCUT2D eigenvalue weighted by Gasteiger charge is 2.02. The average Bonchev–Trinajstić information content (AvgIpc) is 2.22. The molecular formula is C14H23NO. The summed E-state index contributed by atoms with van der Waals surface area (Å²) >= 11 is 0. The fourth-order valence-corrected chi connectivity index (χ4v) is 1.69. The summed E-state index contributed by atoms with van der Waals surface area (Å²) in [6.45, 7) is 10.3. The highest BCUT2D eigenvalue weighted by Crippen LogP contribution is 2.16. The first-order chi connectivity index (χ1) is 7.61. The molecule has 1 N–H and O–H groups in total. The number of rotatable bonds is 6. The minimum absolute atomic E-state index is 0.403. The third-order valence-electron chi connectivity index (χ3n) is 2.44. The van der Waals surface area contributed by atoms with E-state index in [1.165, 1.54) is 11.1 Å². The van der Waals surface area contributed by atoms with Gasteiger partial charge in [-0.05, 0) is 57.0 Å². The monoisotopic (exact) mass is 221 g/mol. The minimum atomic E-state index is 0.403. The predicted molar refractivity (Wildman–Crippen MR) is 69.2 cm³/mol. The molecule has 1 unspecified atom stereocenters. The van der Waals surface area contributed by atoms with E-state index in [0.717, 1.165) is 25.3 Å². The van der Waals surface area contributed by atoms with Crippen LogP contribution in [0.3, 0.4) is 0 Å². The van der Waals surface area contributed by atoms with Gasteiger partial charge in [0.15, 0.2) is 0 Å². The largest absolute Gasteiger partial charge is 0.492 e. The molecular weight excluding hydrogens is 198 g/mol. The summed E-state index contributed by atoms with van der Waals surface area (Å²) in [5, 5.41) is 3.41. The number of hydrogen-bond acceptors (Lipinski definition) is 2. The Labute approximate surface area is 99.0 Å². The van der Waals surface area contributed by atoms with E-state index in [2.05, 4.69) is 51.2 Å². The Balaban J connectivity index is 2.41. The molecule has 0 bridgehead atoms. The van der Waals surface area contributed by atoms with Gasteiger partial charge in [-0.1, -0.05) is 13.0 Å². The van der Waals surface area contributed by atoms with E-state index in [1.807, 2.05) is 0 Å². The van der Waals surface area contributed by atoms with Gasteiger partial charge in [0.1, 0.15) is 12.4 Å². The molecule has 2 nitrogen and oxygen atoms in total. The van der Waals surface area contributed by atoms with Crippen LogP contribution in [0, 0.1) is 13.8 Å². The molecule has 16 heavy (non-hydrogen) atoms. The lowest BCUT2D eigenvalue weighted by atomic mass is 10.1. The molecule has 0 amide bonds. The zero-order valence-electron chi connectivity index (χ0n) is 10.8. The van der Waals surface area contributed by atoms with Gasteiger partial charge in [-0.15, -0.1) is 0 Å². The van der Waals surface area contributed by atoms with Gasteiger partial charge >= 0.3 is 0 Å². The smallest absolute Gasteiger partial charge is 0.119 e. The van der Waals surface area contributed by atoms with Crippen molar-refractivity contribution in [2.24, 2.45) is 0 Å². The Bertz CT molecular complexity index is 302. The molecule has 0 aromatic heterocycles. The van der Waals surface area contributed by atoms with Crippen molar-refractivity contribution in [1.29, 1.82) is 0 Å². The van der Waals surface area contributed by atoms with Crippen molar-refractivity contribution >= 4 is 0 Å². The van der Waals surface area contributed by atoms with E-state index >= 15 is 0 Å². The van der Waals surface area contributed by atoms with Crippen molar-refractivity contribution in [3.8, 4) is 5.75 Å². The lowest BCUT2D eigenvalue weighted by Crippen LogP contribution is -2.32. The topological polar surface area (TPSA) is 21.3 Å². The van der Waals surface area contributed by atoms with Gasteiger partial charge < -0.3 is 10.1 Å². The third-order valence-corrected chi connectivity index (χ3v) is 2.44. The van der Waals surface area contributed by atoms with Crippen LogP contribution in [0.15, 0.2) is 18.2 Å². The van der Waals surface area contributed by atoms with Crippen molar-refractivity contribution in [1.82, 2.24) is 5.32 Å². The summed E-state index contributed by atoms with van der Waals surface area (Å²) in [7, 11) is 0. The number of benzene rings is 1. The number of hydrogen-bond donors (Lipinski definition) is 1. The Kier molecular flexibility index (Phi) is 5.33. The standard InChI is InChI=1S/C14H23NO/c1-5-6-15-13(4)10-16-14-8-11(2)7-12(3)9-14/h7-9,13,15H,5-6,10H2,1-4H3. The Morgan fingerprint density at radius 1 is 1.19 bits per heavy atom. The normalized spacial score (nSPS) is 12.5. The number of nitrogens with one attached hydrogen (secondary N) is 1. The highest BCUT2D eigenvalue weighted by molar-refractivity contribution is 5.32. The summed E-state index contributed by atoms with van der Waals surface area (Å²) in [6.07, 6.45) is 1.16. The van der Waals surface area contributed by atoms with Gasteiger partial charge in [0, 0.05) is 6.04 Å². The molecule has 0 heterocycles. The van der Waals surface area contributed by atoms with Crippen molar-refractivity contribution in [3.63, 3.8) is 0 Å². The van der Waals surface area contributed by atoms with Crippen LogP contribution >= 0.6 is 0 Å². The van der Waals surface area contributed by atoms with E-state index in [0.29, 0.717) is 6.04 Å². The number of aryl methyl sites for hydroxylation is 2. The lowest BCUT2D eigenvalue weighted by molar-refractivity contribution is 0.273. The highest BCUT2D eigenvalue weighted by atomic mass is 16.5. The van der Waals surface area contributed by atoms with E-state index in [-0.39, 0.29) is 0 Å². The second kappa shape index (κ2) is 6.54. The fraction of sp³-hybridized carbons (Fsp3) is 0.571. The molecule has 90 valence electrons.